The van der Waals surface area contributed by atoms with Gasteiger partial charge >= 0.3 is 0 Å². The number of sulfonamides is 1. The first kappa shape index (κ1) is 16.5. The van der Waals surface area contributed by atoms with E-state index in [2.05, 4.69) is 9.88 Å². The molecule has 0 aliphatic rings. The largest absolute Gasteiger partial charge is 0.409 e. The molecule has 9 heteroatoms. The van der Waals surface area contributed by atoms with Gasteiger partial charge in [0.25, 0.3) is 0 Å². The van der Waals surface area contributed by atoms with Crippen LogP contribution in [0.5, 0.6) is 0 Å². The molecule has 1 rings (SSSR count). The van der Waals surface area contributed by atoms with Crippen molar-refractivity contribution < 1.29 is 18.4 Å². The van der Waals surface area contributed by atoms with E-state index in [-0.39, 0.29) is 22.3 Å². The topological polar surface area (TPSA) is 114 Å². The van der Waals surface area contributed by atoms with Gasteiger partial charge in [0.05, 0.1) is 16.5 Å². The predicted octanol–water partition coefficient (Wildman–Crippen LogP) is 1.21. The van der Waals surface area contributed by atoms with Gasteiger partial charge in [0.15, 0.2) is 5.84 Å². The highest BCUT2D eigenvalue weighted by atomic mass is 35.5. The molecule has 1 aromatic carbocycles. The van der Waals surface area contributed by atoms with E-state index in [4.69, 9.17) is 27.3 Å². The third-order valence-corrected chi connectivity index (χ3v) is 4.08. The fraction of sp³-hybridized carbons (Fsp3) is 0.364. The summed E-state index contributed by atoms with van der Waals surface area (Å²) >= 11 is 5.92. The van der Waals surface area contributed by atoms with Gasteiger partial charge in [-0.2, -0.15) is 0 Å². The average molecular weight is 322 g/mol. The van der Waals surface area contributed by atoms with Crippen LogP contribution in [0.2, 0.25) is 5.02 Å². The fourth-order valence-corrected chi connectivity index (χ4v) is 2.76. The molecule has 0 atom stereocenters. The number of methoxy groups -OCH3 is 1. The highest BCUT2D eigenvalue weighted by molar-refractivity contribution is 7.92. The number of benzene rings is 1. The van der Waals surface area contributed by atoms with E-state index in [1.807, 2.05) is 0 Å². The molecule has 1 aromatic rings. The van der Waals surface area contributed by atoms with Gasteiger partial charge in [0, 0.05) is 19.3 Å². The fourth-order valence-electron chi connectivity index (χ4n) is 1.43. The molecule has 0 aliphatic carbocycles. The van der Waals surface area contributed by atoms with Crippen molar-refractivity contribution in [3.05, 3.63) is 28.8 Å². The number of nitrogens with one attached hydrogen (secondary N) is 1. The molecular formula is C11H16ClN3O4S. The molecule has 0 saturated heterocycles. The SMILES string of the molecule is COCCCS(=O)(=O)Nc1cc(/C(N)=N/O)ccc1Cl. The van der Waals surface area contributed by atoms with Gasteiger partial charge in [0.2, 0.25) is 10.0 Å². The monoisotopic (exact) mass is 321 g/mol. The van der Waals surface area contributed by atoms with Gasteiger partial charge in [-0.25, -0.2) is 8.42 Å². The lowest BCUT2D eigenvalue weighted by Gasteiger charge is -2.10. The number of hydrogen-bond acceptors (Lipinski definition) is 5. The minimum absolute atomic E-state index is 0.0923. The quantitative estimate of drug-likeness (QED) is 0.230. The second-order valence-corrected chi connectivity index (χ2v) is 6.20. The lowest BCUT2D eigenvalue weighted by atomic mass is 10.2. The highest BCUT2D eigenvalue weighted by Crippen LogP contribution is 2.24. The lowest BCUT2D eigenvalue weighted by molar-refractivity contribution is 0.199. The zero-order chi connectivity index (χ0) is 15.2. The Morgan fingerprint density at radius 3 is 2.85 bits per heavy atom. The van der Waals surface area contributed by atoms with Crippen LogP contribution in [0, 0.1) is 0 Å². The first-order valence-electron chi connectivity index (χ1n) is 5.66. The minimum Gasteiger partial charge on any atom is -0.409 e. The van der Waals surface area contributed by atoms with E-state index in [0.29, 0.717) is 18.6 Å². The molecular weight excluding hydrogens is 306 g/mol. The number of nitrogens with zero attached hydrogens (tertiary/aromatic N) is 1. The molecule has 0 amide bonds. The molecule has 4 N–H and O–H groups in total. The zero-order valence-corrected chi connectivity index (χ0v) is 12.4. The third kappa shape index (κ3) is 4.87. The molecule has 0 bridgehead atoms. The summed E-state index contributed by atoms with van der Waals surface area (Å²) in [6.45, 7) is 0.346. The summed E-state index contributed by atoms with van der Waals surface area (Å²) in [4.78, 5) is 0. The van der Waals surface area contributed by atoms with Gasteiger partial charge in [-0.05, 0) is 24.6 Å². The third-order valence-electron chi connectivity index (χ3n) is 2.40. The van der Waals surface area contributed by atoms with Crippen LogP contribution < -0.4 is 10.5 Å². The van der Waals surface area contributed by atoms with E-state index in [0.717, 1.165) is 0 Å². The number of oxime groups is 1. The van der Waals surface area contributed by atoms with Gasteiger partial charge in [0.1, 0.15) is 0 Å². The van der Waals surface area contributed by atoms with Crippen LogP contribution >= 0.6 is 11.6 Å². The molecule has 0 heterocycles. The Kier molecular flexibility index (Phi) is 6.05. The Bertz CT molecular complexity index is 589. The molecule has 0 unspecified atom stereocenters. The summed E-state index contributed by atoms with van der Waals surface area (Å²) in [5.41, 5.74) is 5.97. The summed E-state index contributed by atoms with van der Waals surface area (Å²) < 4.78 is 30.8. The normalized spacial score (nSPS) is 12.4. The molecule has 20 heavy (non-hydrogen) atoms. The predicted molar refractivity (Wildman–Crippen MR) is 77.9 cm³/mol. The Morgan fingerprint density at radius 2 is 2.25 bits per heavy atom. The van der Waals surface area contributed by atoms with Crippen LogP contribution in [0.25, 0.3) is 0 Å². The summed E-state index contributed by atoms with van der Waals surface area (Å²) in [6, 6.07) is 4.37. The smallest absolute Gasteiger partial charge is 0.232 e. The molecule has 0 aromatic heterocycles. The zero-order valence-electron chi connectivity index (χ0n) is 10.8. The first-order valence-corrected chi connectivity index (χ1v) is 7.69. The van der Waals surface area contributed by atoms with Crippen molar-refractivity contribution in [1.29, 1.82) is 0 Å². The Hall–Kier alpha value is -1.51. The number of halogens is 1. The number of hydrogen-bond donors (Lipinski definition) is 3. The number of ether oxygens (including phenoxy) is 1. The molecule has 0 aliphatic heterocycles. The van der Waals surface area contributed by atoms with Crippen molar-refractivity contribution in [3.63, 3.8) is 0 Å². The molecule has 0 saturated carbocycles. The molecule has 7 nitrogen and oxygen atoms in total. The van der Waals surface area contributed by atoms with Crippen molar-refractivity contribution in [1.82, 2.24) is 0 Å². The van der Waals surface area contributed by atoms with E-state index < -0.39 is 10.0 Å². The van der Waals surface area contributed by atoms with Gasteiger partial charge in [-0.1, -0.05) is 16.8 Å². The van der Waals surface area contributed by atoms with Crippen LogP contribution in [0.4, 0.5) is 5.69 Å². The average Bonchev–Trinajstić information content (AvgIpc) is 2.40. The van der Waals surface area contributed by atoms with Gasteiger partial charge < -0.3 is 15.7 Å². The Morgan fingerprint density at radius 1 is 1.55 bits per heavy atom. The second-order valence-electron chi connectivity index (χ2n) is 3.95. The molecule has 0 fully saturated rings. The lowest BCUT2D eigenvalue weighted by Crippen LogP contribution is -2.19. The standard InChI is InChI=1S/C11H16ClN3O4S/c1-19-5-2-6-20(17,18)15-10-7-8(11(13)14-16)3-4-9(10)12/h3-4,7,15-16H,2,5-6H2,1H3,(H2,13,14). The van der Waals surface area contributed by atoms with E-state index in [1.54, 1.807) is 0 Å². The van der Waals surface area contributed by atoms with Crippen molar-refractivity contribution in [2.24, 2.45) is 10.9 Å². The summed E-state index contributed by atoms with van der Waals surface area (Å²) in [5, 5.41) is 11.7. The van der Waals surface area contributed by atoms with Crippen LogP contribution in [-0.4, -0.2) is 38.9 Å². The van der Waals surface area contributed by atoms with Gasteiger partial charge in [-0.15, -0.1) is 0 Å². The molecule has 0 radical (unpaired) electrons. The van der Waals surface area contributed by atoms with Crippen molar-refractivity contribution in [2.75, 3.05) is 24.2 Å². The second kappa shape index (κ2) is 7.32. The maximum absolute atomic E-state index is 11.8. The summed E-state index contributed by atoms with van der Waals surface area (Å²) in [6.07, 6.45) is 0.364. The van der Waals surface area contributed by atoms with Crippen LogP contribution in [-0.2, 0) is 14.8 Å². The number of anilines is 1. The highest BCUT2D eigenvalue weighted by Gasteiger charge is 2.13. The van der Waals surface area contributed by atoms with Crippen LogP contribution in [0.1, 0.15) is 12.0 Å². The minimum atomic E-state index is -3.54. The van der Waals surface area contributed by atoms with Gasteiger partial charge in [-0.3, -0.25) is 4.72 Å². The number of rotatable bonds is 7. The molecule has 112 valence electrons. The van der Waals surface area contributed by atoms with Crippen molar-refractivity contribution in [3.8, 4) is 0 Å². The van der Waals surface area contributed by atoms with Crippen molar-refractivity contribution in [2.45, 2.75) is 6.42 Å². The maximum Gasteiger partial charge on any atom is 0.232 e. The Balaban J connectivity index is 2.91. The summed E-state index contributed by atoms with van der Waals surface area (Å²) in [7, 11) is -2.04. The molecule has 0 spiro atoms. The first-order chi connectivity index (χ1) is 9.39. The number of amidine groups is 1. The van der Waals surface area contributed by atoms with Crippen molar-refractivity contribution >= 4 is 33.1 Å². The van der Waals surface area contributed by atoms with E-state index >= 15 is 0 Å². The van der Waals surface area contributed by atoms with E-state index in [9.17, 15) is 8.42 Å². The number of nitrogens with two attached hydrogens (primary N) is 1. The van der Waals surface area contributed by atoms with E-state index in [1.165, 1.54) is 25.3 Å². The maximum atomic E-state index is 11.8. The van der Waals surface area contributed by atoms with Crippen LogP contribution in [0.15, 0.2) is 23.4 Å². The van der Waals surface area contributed by atoms with Crippen LogP contribution in [0.3, 0.4) is 0 Å². The Labute approximate surface area is 122 Å². The summed E-state index contributed by atoms with van der Waals surface area (Å²) in [5.74, 6) is -0.230.